The van der Waals surface area contributed by atoms with Gasteiger partial charge in [0, 0.05) is 24.8 Å². The molecule has 0 aliphatic heterocycles. The molecule has 0 saturated heterocycles. The predicted octanol–water partition coefficient (Wildman–Crippen LogP) is 2.71. The molecular formula is C22H24ClN4O7P. The van der Waals surface area contributed by atoms with Crippen LogP contribution in [0.1, 0.15) is 42.7 Å². The third-order valence-electron chi connectivity index (χ3n) is 4.77. The lowest BCUT2D eigenvalue weighted by molar-refractivity contribution is -0.128. The van der Waals surface area contributed by atoms with Gasteiger partial charge < -0.3 is 19.7 Å². The average molecular weight is 523 g/mol. The standard InChI is InChI=1S/C22H24ClN4O7P/c1-13(22-26-20(27-33-22)12-16-3-7-17(23)8-4-16)24-21(29)19(25-14(2)28)11-15-5-9-18(10-6-15)34-35(30,31)32/h3-10,13,19H,11-12H2,1-2H3,(H,24,29)(H,25,28)(H2,30,31,32)/t13-,19-/m0/s1. The summed E-state index contributed by atoms with van der Waals surface area (Å²) < 4.78 is 20.7. The van der Waals surface area contributed by atoms with Gasteiger partial charge in [-0.2, -0.15) is 4.98 Å². The van der Waals surface area contributed by atoms with E-state index in [0.717, 1.165) is 5.56 Å². The molecule has 4 N–H and O–H groups in total. The van der Waals surface area contributed by atoms with Gasteiger partial charge in [0.25, 0.3) is 0 Å². The predicted molar refractivity (Wildman–Crippen MR) is 126 cm³/mol. The van der Waals surface area contributed by atoms with Gasteiger partial charge in [0.15, 0.2) is 5.82 Å². The first-order chi connectivity index (χ1) is 16.5. The maximum Gasteiger partial charge on any atom is 0.524 e. The van der Waals surface area contributed by atoms with Gasteiger partial charge in [-0.3, -0.25) is 19.4 Å². The minimum Gasteiger partial charge on any atom is -0.404 e. The highest BCUT2D eigenvalue weighted by Crippen LogP contribution is 2.37. The molecule has 1 aromatic heterocycles. The van der Waals surface area contributed by atoms with Crippen LogP contribution in [0.5, 0.6) is 5.75 Å². The Labute approximate surface area is 206 Å². The number of rotatable bonds is 10. The molecule has 0 saturated carbocycles. The van der Waals surface area contributed by atoms with Crippen LogP contribution in [-0.2, 0) is 27.0 Å². The minimum absolute atomic E-state index is 0.0259. The molecule has 2 atom stereocenters. The Hall–Kier alpha value is -3.24. The van der Waals surface area contributed by atoms with E-state index in [2.05, 4.69) is 25.3 Å². The lowest BCUT2D eigenvalue weighted by atomic mass is 10.0. The number of hydrogen-bond donors (Lipinski definition) is 4. The van der Waals surface area contributed by atoms with Crippen molar-refractivity contribution in [3.8, 4) is 5.75 Å². The highest BCUT2D eigenvalue weighted by molar-refractivity contribution is 7.46. The summed E-state index contributed by atoms with van der Waals surface area (Å²) >= 11 is 5.90. The number of halogens is 1. The summed E-state index contributed by atoms with van der Waals surface area (Å²) in [6.45, 7) is 2.97. The second-order valence-electron chi connectivity index (χ2n) is 7.77. The topological polar surface area (TPSA) is 164 Å². The molecule has 0 radical (unpaired) electrons. The van der Waals surface area contributed by atoms with Gasteiger partial charge >= 0.3 is 7.82 Å². The fourth-order valence-corrected chi connectivity index (χ4v) is 3.71. The van der Waals surface area contributed by atoms with E-state index in [4.69, 9.17) is 25.9 Å². The van der Waals surface area contributed by atoms with E-state index < -0.39 is 31.7 Å². The highest BCUT2D eigenvalue weighted by atomic mass is 35.5. The maximum atomic E-state index is 12.9. The van der Waals surface area contributed by atoms with E-state index in [1.807, 2.05) is 12.1 Å². The molecule has 2 aromatic carbocycles. The number of benzene rings is 2. The van der Waals surface area contributed by atoms with Crippen molar-refractivity contribution >= 4 is 31.2 Å². The molecule has 0 fully saturated rings. The van der Waals surface area contributed by atoms with E-state index in [9.17, 15) is 14.2 Å². The van der Waals surface area contributed by atoms with Crippen molar-refractivity contribution in [3.05, 3.63) is 76.4 Å². The fraction of sp³-hybridized carbons (Fsp3) is 0.273. The smallest absolute Gasteiger partial charge is 0.404 e. The number of amides is 2. The number of aromatic nitrogens is 2. The number of phosphoric ester groups is 1. The highest BCUT2D eigenvalue weighted by Gasteiger charge is 2.24. The Morgan fingerprint density at radius 1 is 1.09 bits per heavy atom. The lowest BCUT2D eigenvalue weighted by Crippen LogP contribution is -2.48. The van der Waals surface area contributed by atoms with Gasteiger partial charge in [-0.25, -0.2) is 4.57 Å². The minimum atomic E-state index is -4.68. The lowest BCUT2D eigenvalue weighted by Gasteiger charge is -2.19. The summed E-state index contributed by atoms with van der Waals surface area (Å²) in [4.78, 5) is 46.7. The zero-order chi connectivity index (χ0) is 25.6. The van der Waals surface area contributed by atoms with E-state index in [1.54, 1.807) is 19.1 Å². The second-order valence-corrected chi connectivity index (χ2v) is 9.37. The molecule has 13 heteroatoms. The Bertz CT molecular complexity index is 1210. The van der Waals surface area contributed by atoms with E-state index in [0.29, 0.717) is 22.8 Å². The molecule has 0 unspecified atom stereocenters. The second kappa shape index (κ2) is 11.5. The summed E-state index contributed by atoms with van der Waals surface area (Å²) in [6, 6.07) is 11.5. The third kappa shape index (κ3) is 8.48. The fourth-order valence-electron chi connectivity index (χ4n) is 3.19. The van der Waals surface area contributed by atoms with Crippen molar-refractivity contribution in [2.24, 2.45) is 0 Å². The van der Waals surface area contributed by atoms with Crippen LogP contribution in [0.4, 0.5) is 0 Å². The normalized spacial score (nSPS) is 13.1. The van der Waals surface area contributed by atoms with Crippen molar-refractivity contribution in [1.29, 1.82) is 0 Å². The van der Waals surface area contributed by atoms with Crippen molar-refractivity contribution < 1.29 is 33.0 Å². The maximum absolute atomic E-state index is 12.9. The van der Waals surface area contributed by atoms with Crippen molar-refractivity contribution in [1.82, 2.24) is 20.8 Å². The third-order valence-corrected chi connectivity index (χ3v) is 5.47. The Balaban J connectivity index is 1.63. The molecule has 1 heterocycles. The van der Waals surface area contributed by atoms with E-state index in [-0.39, 0.29) is 18.1 Å². The zero-order valence-electron chi connectivity index (χ0n) is 18.8. The molecular weight excluding hydrogens is 499 g/mol. The van der Waals surface area contributed by atoms with Crippen LogP contribution >= 0.6 is 19.4 Å². The summed E-state index contributed by atoms with van der Waals surface area (Å²) in [5, 5.41) is 9.92. The number of nitrogens with zero attached hydrogens (tertiary/aromatic N) is 2. The molecule has 0 bridgehead atoms. The summed E-state index contributed by atoms with van der Waals surface area (Å²) in [6.07, 6.45) is 0.553. The van der Waals surface area contributed by atoms with Crippen LogP contribution < -0.4 is 15.2 Å². The van der Waals surface area contributed by atoms with Gasteiger partial charge in [-0.15, -0.1) is 0 Å². The summed E-state index contributed by atoms with van der Waals surface area (Å²) in [5.41, 5.74) is 1.58. The first-order valence-corrected chi connectivity index (χ1v) is 12.4. The van der Waals surface area contributed by atoms with Crippen LogP contribution in [0.2, 0.25) is 5.02 Å². The molecule has 11 nitrogen and oxygen atoms in total. The number of carbonyl (C=O) groups is 2. The number of carbonyl (C=O) groups excluding carboxylic acids is 2. The van der Waals surface area contributed by atoms with E-state index in [1.165, 1.54) is 31.2 Å². The van der Waals surface area contributed by atoms with Crippen LogP contribution in [0.25, 0.3) is 0 Å². The monoisotopic (exact) mass is 522 g/mol. The van der Waals surface area contributed by atoms with Crippen LogP contribution in [0, 0.1) is 0 Å². The van der Waals surface area contributed by atoms with Crippen molar-refractivity contribution in [2.45, 2.75) is 38.8 Å². The molecule has 0 spiro atoms. The molecule has 0 aliphatic carbocycles. The average Bonchev–Trinajstić information content (AvgIpc) is 3.23. The summed E-state index contributed by atoms with van der Waals surface area (Å²) in [5.74, 6) is -0.243. The Morgan fingerprint density at radius 2 is 1.71 bits per heavy atom. The van der Waals surface area contributed by atoms with Gasteiger partial charge in [-0.1, -0.05) is 41.0 Å². The molecule has 186 valence electrons. The number of phosphoric acid groups is 1. The number of nitrogens with one attached hydrogen (secondary N) is 2. The molecule has 3 rings (SSSR count). The first-order valence-electron chi connectivity index (χ1n) is 10.5. The SMILES string of the molecule is CC(=O)N[C@@H](Cc1ccc(OP(=O)(O)O)cc1)C(=O)N[C@@H](C)c1nc(Cc2ccc(Cl)cc2)no1. The zero-order valence-corrected chi connectivity index (χ0v) is 20.5. The largest absolute Gasteiger partial charge is 0.524 e. The van der Waals surface area contributed by atoms with Gasteiger partial charge in [0.2, 0.25) is 17.7 Å². The summed E-state index contributed by atoms with van der Waals surface area (Å²) in [7, 11) is -4.68. The van der Waals surface area contributed by atoms with Crippen LogP contribution in [0.3, 0.4) is 0 Å². The van der Waals surface area contributed by atoms with Gasteiger partial charge in [-0.05, 0) is 42.3 Å². The molecule has 3 aromatic rings. The van der Waals surface area contributed by atoms with Crippen LogP contribution in [-0.4, -0.2) is 37.8 Å². The molecule has 35 heavy (non-hydrogen) atoms. The van der Waals surface area contributed by atoms with Gasteiger partial charge in [0.05, 0.1) is 0 Å². The molecule has 0 aliphatic rings. The quantitative estimate of drug-likeness (QED) is 0.293. The Morgan fingerprint density at radius 3 is 2.31 bits per heavy atom. The van der Waals surface area contributed by atoms with E-state index >= 15 is 0 Å². The van der Waals surface area contributed by atoms with Crippen molar-refractivity contribution in [3.63, 3.8) is 0 Å². The van der Waals surface area contributed by atoms with Crippen molar-refractivity contribution in [2.75, 3.05) is 0 Å². The first kappa shape index (κ1) is 26.4. The van der Waals surface area contributed by atoms with Gasteiger partial charge in [0.1, 0.15) is 17.8 Å². The number of hydrogen-bond acceptors (Lipinski definition) is 7. The Kier molecular flexibility index (Phi) is 8.63. The molecule has 2 amide bonds. The van der Waals surface area contributed by atoms with Crippen LogP contribution in [0.15, 0.2) is 53.1 Å².